The van der Waals surface area contributed by atoms with Crippen LogP contribution < -0.4 is 0 Å². The van der Waals surface area contributed by atoms with Crippen LogP contribution >= 0.6 is 0 Å². The molecule has 0 aliphatic carbocycles. The Balaban J connectivity index is 2.28. The van der Waals surface area contributed by atoms with Gasteiger partial charge >= 0.3 is 0 Å². The van der Waals surface area contributed by atoms with Crippen LogP contribution in [0.1, 0.15) is 5.56 Å². The molecule has 3 nitrogen and oxygen atoms in total. The molecule has 0 atom stereocenters. The van der Waals surface area contributed by atoms with E-state index in [0.717, 1.165) is 17.3 Å². The molecule has 0 radical (unpaired) electrons. The summed E-state index contributed by atoms with van der Waals surface area (Å²) >= 11 is 0. The zero-order chi connectivity index (χ0) is 12.1. The Hall–Kier alpha value is -2.07. The van der Waals surface area contributed by atoms with Gasteiger partial charge in [0.25, 0.3) is 0 Å². The molecule has 1 heterocycles. The van der Waals surface area contributed by atoms with Gasteiger partial charge in [0.2, 0.25) is 0 Å². The molecule has 17 heavy (non-hydrogen) atoms. The summed E-state index contributed by atoms with van der Waals surface area (Å²) < 4.78 is 13.3. The summed E-state index contributed by atoms with van der Waals surface area (Å²) in [5.74, 6) is -0.432. The highest BCUT2D eigenvalue weighted by atomic mass is 19.1. The number of aliphatic hydroxyl groups is 1. The van der Waals surface area contributed by atoms with E-state index >= 15 is 0 Å². The maximum atomic E-state index is 13.3. The van der Waals surface area contributed by atoms with E-state index in [4.69, 9.17) is 5.11 Å². The molecule has 0 saturated heterocycles. The minimum Gasteiger partial charge on any atom is -0.392 e. The predicted molar refractivity (Wildman–Crippen MR) is 63.6 cm³/mol. The highest BCUT2D eigenvalue weighted by Gasteiger charge is 2.02. The SMILES string of the molecule is OC/C=C(/F)c1ccc(-c2cccnn2)cc1. The molecular formula is C13H11FN2O. The van der Waals surface area contributed by atoms with Crippen molar-refractivity contribution in [2.75, 3.05) is 6.61 Å². The topological polar surface area (TPSA) is 46.0 Å². The first kappa shape index (κ1) is 11.4. The molecular weight excluding hydrogens is 219 g/mol. The highest BCUT2D eigenvalue weighted by molar-refractivity contribution is 5.65. The molecule has 86 valence electrons. The number of aliphatic hydroxyl groups excluding tert-OH is 1. The van der Waals surface area contributed by atoms with Gasteiger partial charge in [-0.2, -0.15) is 10.2 Å². The number of halogens is 1. The summed E-state index contributed by atoms with van der Waals surface area (Å²) in [6.07, 6.45) is 2.72. The number of aromatic nitrogens is 2. The largest absolute Gasteiger partial charge is 0.392 e. The van der Waals surface area contributed by atoms with Crippen LogP contribution in [0.25, 0.3) is 17.1 Å². The van der Waals surface area contributed by atoms with Gasteiger partial charge in [0, 0.05) is 17.3 Å². The Morgan fingerprint density at radius 3 is 2.59 bits per heavy atom. The average molecular weight is 230 g/mol. The van der Waals surface area contributed by atoms with Gasteiger partial charge in [0.05, 0.1) is 12.3 Å². The molecule has 4 heteroatoms. The van der Waals surface area contributed by atoms with Gasteiger partial charge in [-0.25, -0.2) is 4.39 Å². The lowest BCUT2D eigenvalue weighted by atomic mass is 10.1. The average Bonchev–Trinajstić information content (AvgIpc) is 2.40. The summed E-state index contributed by atoms with van der Waals surface area (Å²) in [6.45, 7) is -0.308. The van der Waals surface area contributed by atoms with Crippen molar-refractivity contribution in [1.82, 2.24) is 10.2 Å². The molecule has 1 N–H and O–H groups in total. The molecule has 0 saturated carbocycles. The van der Waals surface area contributed by atoms with Gasteiger partial charge in [-0.15, -0.1) is 0 Å². The van der Waals surface area contributed by atoms with Crippen LogP contribution in [-0.2, 0) is 0 Å². The number of hydrogen-bond donors (Lipinski definition) is 1. The Morgan fingerprint density at radius 1 is 1.24 bits per heavy atom. The zero-order valence-corrected chi connectivity index (χ0v) is 9.05. The molecule has 1 aromatic heterocycles. The van der Waals surface area contributed by atoms with Crippen molar-refractivity contribution in [3.63, 3.8) is 0 Å². The second-order valence-corrected chi connectivity index (χ2v) is 3.42. The lowest BCUT2D eigenvalue weighted by molar-refractivity contribution is 0.342. The Bertz CT molecular complexity index is 509. The van der Waals surface area contributed by atoms with Crippen LogP contribution in [0.4, 0.5) is 4.39 Å². The minimum absolute atomic E-state index is 0.308. The van der Waals surface area contributed by atoms with E-state index in [9.17, 15) is 4.39 Å². The van der Waals surface area contributed by atoms with Crippen molar-refractivity contribution in [1.29, 1.82) is 0 Å². The maximum absolute atomic E-state index is 13.3. The van der Waals surface area contributed by atoms with Gasteiger partial charge in [0.1, 0.15) is 5.83 Å². The van der Waals surface area contributed by atoms with E-state index in [1.54, 1.807) is 36.5 Å². The van der Waals surface area contributed by atoms with E-state index in [-0.39, 0.29) is 6.61 Å². The van der Waals surface area contributed by atoms with Crippen LogP contribution in [0.2, 0.25) is 0 Å². The van der Waals surface area contributed by atoms with Gasteiger partial charge < -0.3 is 5.11 Å². The second kappa shape index (κ2) is 5.32. The van der Waals surface area contributed by atoms with Crippen LogP contribution in [0.3, 0.4) is 0 Å². The lowest BCUT2D eigenvalue weighted by Crippen LogP contribution is -1.86. The van der Waals surface area contributed by atoms with Crippen LogP contribution in [0.5, 0.6) is 0 Å². The molecule has 0 bridgehead atoms. The maximum Gasteiger partial charge on any atom is 0.128 e. The zero-order valence-electron chi connectivity index (χ0n) is 9.05. The number of rotatable bonds is 3. The standard InChI is InChI=1S/C13H11FN2O/c14-12(7-9-17)10-3-5-11(6-4-10)13-2-1-8-15-16-13/h1-8,17H,9H2/b12-7+. The van der Waals surface area contributed by atoms with E-state index in [2.05, 4.69) is 10.2 Å². The number of nitrogens with zero attached hydrogens (tertiary/aromatic N) is 2. The van der Waals surface area contributed by atoms with E-state index in [1.807, 2.05) is 6.07 Å². The van der Waals surface area contributed by atoms with Crippen molar-refractivity contribution >= 4 is 5.83 Å². The van der Waals surface area contributed by atoms with Crippen molar-refractivity contribution in [2.24, 2.45) is 0 Å². The monoisotopic (exact) mass is 230 g/mol. The Labute approximate surface area is 98.3 Å². The van der Waals surface area contributed by atoms with Gasteiger partial charge in [-0.3, -0.25) is 0 Å². The molecule has 2 aromatic rings. The lowest BCUT2D eigenvalue weighted by Gasteiger charge is -2.01. The third-order valence-corrected chi connectivity index (χ3v) is 2.30. The molecule has 0 aliphatic rings. The van der Waals surface area contributed by atoms with Crippen molar-refractivity contribution in [2.45, 2.75) is 0 Å². The van der Waals surface area contributed by atoms with Crippen LogP contribution in [0.15, 0.2) is 48.7 Å². The summed E-state index contributed by atoms with van der Waals surface area (Å²) in [5, 5.41) is 16.3. The summed E-state index contributed by atoms with van der Waals surface area (Å²) in [4.78, 5) is 0. The van der Waals surface area contributed by atoms with Crippen molar-refractivity contribution < 1.29 is 9.50 Å². The molecule has 1 aromatic carbocycles. The number of benzene rings is 1. The van der Waals surface area contributed by atoms with Gasteiger partial charge in [0.15, 0.2) is 0 Å². The van der Waals surface area contributed by atoms with Crippen molar-refractivity contribution in [3.8, 4) is 11.3 Å². The van der Waals surface area contributed by atoms with E-state index < -0.39 is 5.83 Å². The fraction of sp³-hybridized carbons (Fsp3) is 0.0769. The first-order valence-corrected chi connectivity index (χ1v) is 5.16. The fourth-order valence-electron chi connectivity index (χ4n) is 1.45. The number of hydrogen-bond acceptors (Lipinski definition) is 3. The molecule has 0 spiro atoms. The molecule has 0 fully saturated rings. The van der Waals surface area contributed by atoms with Gasteiger partial charge in [-0.05, 0) is 18.2 Å². The third-order valence-electron chi connectivity index (χ3n) is 2.30. The van der Waals surface area contributed by atoms with E-state index in [1.165, 1.54) is 0 Å². The third kappa shape index (κ3) is 2.73. The smallest absolute Gasteiger partial charge is 0.128 e. The molecule has 0 aliphatic heterocycles. The molecule has 0 unspecified atom stereocenters. The minimum atomic E-state index is -0.432. The predicted octanol–water partition coefficient (Wildman–Crippen LogP) is 2.45. The normalized spacial score (nSPS) is 11.5. The summed E-state index contributed by atoms with van der Waals surface area (Å²) in [5.41, 5.74) is 2.05. The first-order chi connectivity index (χ1) is 8.31. The van der Waals surface area contributed by atoms with Crippen molar-refractivity contribution in [3.05, 3.63) is 54.2 Å². The fourth-order valence-corrected chi connectivity index (χ4v) is 1.45. The second-order valence-electron chi connectivity index (χ2n) is 3.42. The Morgan fingerprint density at radius 2 is 2.00 bits per heavy atom. The summed E-state index contributed by atoms with van der Waals surface area (Å²) in [7, 11) is 0. The quantitative estimate of drug-likeness (QED) is 0.880. The Kier molecular flexibility index (Phi) is 3.57. The first-order valence-electron chi connectivity index (χ1n) is 5.16. The van der Waals surface area contributed by atoms with Crippen LogP contribution in [0, 0.1) is 0 Å². The molecule has 0 amide bonds. The van der Waals surface area contributed by atoms with Gasteiger partial charge in [-0.1, -0.05) is 24.3 Å². The highest BCUT2D eigenvalue weighted by Crippen LogP contribution is 2.20. The van der Waals surface area contributed by atoms with E-state index in [0.29, 0.717) is 5.56 Å². The molecule has 2 rings (SSSR count). The van der Waals surface area contributed by atoms with Crippen LogP contribution in [-0.4, -0.2) is 21.9 Å². The summed E-state index contributed by atoms with van der Waals surface area (Å²) in [6, 6.07) is 10.5.